The number of carbonyl (C=O) groups excluding carboxylic acids is 2. The highest BCUT2D eigenvalue weighted by atomic mass is 32.1. The first kappa shape index (κ1) is 16.6. The summed E-state index contributed by atoms with van der Waals surface area (Å²) >= 11 is 1.37. The van der Waals surface area contributed by atoms with Gasteiger partial charge in [-0.25, -0.2) is 4.79 Å². The Hall–Kier alpha value is -3.57. The third-order valence-electron chi connectivity index (χ3n) is 4.70. The highest BCUT2D eigenvalue weighted by Crippen LogP contribution is 2.29. The molecule has 1 aliphatic carbocycles. The highest BCUT2D eigenvalue weighted by molar-refractivity contribution is 7.20. The van der Waals surface area contributed by atoms with E-state index >= 15 is 0 Å². The zero-order valence-electron chi connectivity index (χ0n) is 14.6. The van der Waals surface area contributed by atoms with E-state index in [2.05, 4.69) is 5.16 Å². The van der Waals surface area contributed by atoms with Gasteiger partial charge in [-0.2, -0.15) is 0 Å². The van der Waals surface area contributed by atoms with Crippen LogP contribution in [0.5, 0.6) is 0 Å². The second-order valence-electron chi connectivity index (χ2n) is 6.39. The summed E-state index contributed by atoms with van der Waals surface area (Å²) in [6, 6.07) is 24.0. The average Bonchev–Trinajstić information content (AvgIpc) is 3.18. The molecule has 5 heteroatoms. The molecule has 0 saturated heterocycles. The van der Waals surface area contributed by atoms with E-state index in [9.17, 15) is 9.59 Å². The van der Waals surface area contributed by atoms with Crippen LogP contribution in [-0.2, 0) is 4.84 Å². The summed E-state index contributed by atoms with van der Waals surface area (Å²) in [7, 11) is 0. The van der Waals surface area contributed by atoms with Gasteiger partial charge in [-0.05, 0) is 17.5 Å². The Bertz CT molecular complexity index is 1200. The zero-order valence-corrected chi connectivity index (χ0v) is 15.4. The maximum Gasteiger partial charge on any atom is 0.375 e. The van der Waals surface area contributed by atoms with E-state index < -0.39 is 5.97 Å². The molecule has 5 rings (SSSR count). The van der Waals surface area contributed by atoms with Crippen LogP contribution in [0.4, 0.5) is 0 Å². The number of benzene rings is 3. The minimum atomic E-state index is -0.513. The normalized spacial score (nSPS) is 12.4. The largest absolute Gasteiger partial charge is 0.375 e. The van der Waals surface area contributed by atoms with Crippen LogP contribution in [0.25, 0.3) is 10.1 Å². The van der Waals surface area contributed by atoms with Gasteiger partial charge in [0.05, 0.1) is 0 Å². The zero-order chi connectivity index (χ0) is 19.1. The second-order valence-corrected chi connectivity index (χ2v) is 7.47. The standard InChI is InChI=1S/C23H13NO3S/c25-22-17-10-4-2-8-15(17)21(16-9-3-5-11-18(16)22)24-27-23(26)20-13-14-7-1-6-12-19(14)28-20/h1-13H. The SMILES string of the molecule is O=C(ON=C1c2ccccc2C(=O)c2ccccc21)c1cc2ccccc2s1. The van der Waals surface area contributed by atoms with Crippen molar-refractivity contribution in [2.45, 2.75) is 0 Å². The third kappa shape index (κ3) is 2.64. The van der Waals surface area contributed by atoms with E-state index in [4.69, 9.17) is 4.84 Å². The smallest absolute Gasteiger partial charge is 0.311 e. The lowest BCUT2D eigenvalue weighted by molar-refractivity contribution is 0.0523. The summed E-state index contributed by atoms with van der Waals surface area (Å²) in [5.41, 5.74) is 2.92. The van der Waals surface area contributed by atoms with Gasteiger partial charge in [-0.3, -0.25) is 4.79 Å². The van der Waals surface area contributed by atoms with Gasteiger partial charge in [0, 0.05) is 27.0 Å². The fourth-order valence-electron chi connectivity index (χ4n) is 3.38. The molecule has 134 valence electrons. The van der Waals surface area contributed by atoms with Crippen molar-refractivity contribution in [1.82, 2.24) is 0 Å². The molecule has 0 amide bonds. The van der Waals surface area contributed by atoms with Crippen LogP contribution in [0.2, 0.25) is 0 Å². The Kier molecular flexibility index (Phi) is 3.88. The average molecular weight is 383 g/mol. The number of ketones is 1. The minimum absolute atomic E-state index is 0.0546. The van der Waals surface area contributed by atoms with E-state index in [1.54, 1.807) is 18.2 Å². The van der Waals surface area contributed by atoms with E-state index in [0.717, 1.165) is 10.1 Å². The summed E-state index contributed by atoms with van der Waals surface area (Å²) in [5.74, 6) is -0.568. The summed E-state index contributed by atoms with van der Waals surface area (Å²) < 4.78 is 1.01. The predicted molar refractivity (Wildman–Crippen MR) is 109 cm³/mol. The molecule has 3 aromatic carbocycles. The molecule has 0 N–H and O–H groups in total. The summed E-state index contributed by atoms with van der Waals surface area (Å²) in [6.45, 7) is 0. The molecular formula is C23H13NO3S. The number of rotatable bonds is 2. The van der Waals surface area contributed by atoms with Crippen LogP contribution >= 0.6 is 11.3 Å². The molecular weight excluding hydrogens is 370 g/mol. The van der Waals surface area contributed by atoms with Crippen LogP contribution < -0.4 is 0 Å². The fourth-order valence-corrected chi connectivity index (χ4v) is 4.31. The summed E-state index contributed by atoms with van der Waals surface area (Å²) in [6.07, 6.45) is 0. The quantitative estimate of drug-likeness (QED) is 0.316. The highest BCUT2D eigenvalue weighted by Gasteiger charge is 2.28. The topological polar surface area (TPSA) is 55.7 Å². The monoisotopic (exact) mass is 383 g/mol. The molecule has 1 aliphatic rings. The van der Waals surface area contributed by atoms with Crippen LogP contribution in [-0.4, -0.2) is 17.5 Å². The van der Waals surface area contributed by atoms with Gasteiger partial charge in [-0.15, -0.1) is 11.3 Å². The van der Waals surface area contributed by atoms with Gasteiger partial charge in [0.15, 0.2) is 5.78 Å². The Morgan fingerprint density at radius 1 is 0.786 bits per heavy atom. The van der Waals surface area contributed by atoms with Crippen molar-refractivity contribution in [3.05, 3.63) is 106 Å². The molecule has 0 saturated carbocycles. The molecule has 4 nitrogen and oxygen atoms in total. The molecule has 28 heavy (non-hydrogen) atoms. The van der Waals surface area contributed by atoms with Gasteiger partial charge in [0.1, 0.15) is 10.6 Å². The van der Waals surface area contributed by atoms with Crippen molar-refractivity contribution in [3.63, 3.8) is 0 Å². The van der Waals surface area contributed by atoms with Gasteiger partial charge in [0.25, 0.3) is 0 Å². The number of hydrogen-bond acceptors (Lipinski definition) is 5. The van der Waals surface area contributed by atoms with Crippen molar-refractivity contribution in [2.75, 3.05) is 0 Å². The van der Waals surface area contributed by atoms with Gasteiger partial charge in [0.2, 0.25) is 0 Å². The maximum absolute atomic E-state index is 12.8. The van der Waals surface area contributed by atoms with Crippen molar-refractivity contribution >= 4 is 38.9 Å². The molecule has 0 aliphatic heterocycles. The van der Waals surface area contributed by atoms with E-state index in [1.807, 2.05) is 60.7 Å². The maximum atomic E-state index is 12.8. The lowest BCUT2D eigenvalue weighted by atomic mass is 9.84. The Labute approximate surface area is 164 Å². The van der Waals surface area contributed by atoms with Crippen molar-refractivity contribution < 1.29 is 14.4 Å². The lowest BCUT2D eigenvalue weighted by Crippen LogP contribution is -2.22. The number of nitrogens with zero attached hydrogens (tertiary/aromatic N) is 1. The van der Waals surface area contributed by atoms with Crippen molar-refractivity contribution in [2.24, 2.45) is 5.16 Å². The second kappa shape index (κ2) is 6.55. The first-order valence-electron chi connectivity index (χ1n) is 8.74. The van der Waals surface area contributed by atoms with Gasteiger partial charge < -0.3 is 4.84 Å². The molecule has 0 atom stereocenters. The number of thiophene rings is 1. The summed E-state index contributed by atoms with van der Waals surface area (Å²) in [4.78, 5) is 31.1. The first-order chi connectivity index (χ1) is 13.7. The number of carbonyl (C=O) groups is 2. The molecule has 0 radical (unpaired) electrons. The molecule has 0 spiro atoms. The molecule has 0 bridgehead atoms. The van der Waals surface area contributed by atoms with E-state index in [0.29, 0.717) is 32.8 Å². The van der Waals surface area contributed by atoms with Gasteiger partial charge >= 0.3 is 5.97 Å². The Balaban J connectivity index is 1.55. The Morgan fingerprint density at radius 2 is 1.36 bits per heavy atom. The predicted octanol–water partition coefficient (Wildman–Crippen LogP) is 5.06. The van der Waals surface area contributed by atoms with Crippen molar-refractivity contribution in [1.29, 1.82) is 0 Å². The lowest BCUT2D eigenvalue weighted by Gasteiger charge is -2.19. The molecule has 1 heterocycles. The third-order valence-corrected chi connectivity index (χ3v) is 5.80. The molecule has 0 unspecified atom stereocenters. The molecule has 4 aromatic rings. The van der Waals surface area contributed by atoms with Crippen LogP contribution in [0, 0.1) is 0 Å². The number of oxime groups is 1. The van der Waals surface area contributed by atoms with E-state index in [-0.39, 0.29) is 5.78 Å². The van der Waals surface area contributed by atoms with Crippen LogP contribution in [0.15, 0.2) is 84.0 Å². The first-order valence-corrected chi connectivity index (χ1v) is 9.55. The van der Waals surface area contributed by atoms with Gasteiger partial charge in [-0.1, -0.05) is 71.9 Å². The molecule has 0 fully saturated rings. The Morgan fingerprint density at radius 3 is 2.00 bits per heavy atom. The molecule has 1 aromatic heterocycles. The number of hydrogen-bond donors (Lipinski definition) is 0. The van der Waals surface area contributed by atoms with Crippen LogP contribution in [0.1, 0.15) is 36.7 Å². The van der Waals surface area contributed by atoms with Crippen molar-refractivity contribution in [3.8, 4) is 0 Å². The van der Waals surface area contributed by atoms with E-state index in [1.165, 1.54) is 11.3 Å². The van der Waals surface area contributed by atoms with Crippen LogP contribution in [0.3, 0.4) is 0 Å². The summed E-state index contributed by atoms with van der Waals surface area (Å²) in [5, 5.41) is 5.16. The number of fused-ring (bicyclic) bond motifs is 3. The minimum Gasteiger partial charge on any atom is -0.311 e. The fraction of sp³-hybridized carbons (Fsp3) is 0.